The van der Waals surface area contributed by atoms with Crippen LogP contribution in [0.4, 0.5) is 5.69 Å². The summed E-state index contributed by atoms with van der Waals surface area (Å²) in [5, 5.41) is 5.27. The van der Waals surface area contributed by atoms with Crippen LogP contribution in [-0.4, -0.2) is 25.4 Å². The van der Waals surface area contributed by atoms with Crippen LogP contribution in [0, 0.1) is 6.92 Å². The number of nitrogens with two attached hydrogens (primary N) is 1. The van der Waals surface area contributed by atoms with Crippen molar-refractivity contribution in [3.63, 3.8) is 0 Å². The van der Waals surface area contributed by atoms with Gasteiger partial charge in [0.15, 0.2) is 0 Å². The number of benzene rings is 1. The van der Waals surface area contributed by atoms with E-state index in [1.165, 1.54) is 0 Å². The van der Waals surface area contributed by atoms with Gasteiger partial charge in [-0.1, -0.05) is 6.07 Å². The third-order valence-corrected chi connectivity index (χ3v) is 2.37. The van der Waals surface area contributed by atoms with Gasteiger partial charge in [-0.25, -0.2) is 0 Å². The zero-order chi connectivity index (χ0) is 12.8. The van der Waals surface area contributed by atoms with Crippen molar-refractivity contribution in [3.8, 4) is 0 Å². The van der Waals surface area contributed by atoms with Crippen molar-refractivity contribution in [2.75, 3.05) is 18.9 Å². The van der Waals surface area contributed by atoms with Crippen molar-refractivity contribution in [2.45, 2.75) is 13.3 Å². The highest BCUT2D eigenvalue weighted by Gasteiger charge is 2.08. The number of anilines is 1. The fraction of sp³-hybridized carbons (Fsp3) is 0.333. The van der Waals surface area contributed by atoms with E-state index in [4.69, 9.17) is 5.73 Å². The van der Waals surface area contributed by atoms with Gasteiger partial charge in [0, 0.05) is 31.3 Å². The Morgan fingerprint density at radius 3 is 2.65 bits per heavy atom. The Labute approximate surface area is 100 Å². The molecule has 0 fully saturated rings. The molecule has 0 atom stereocenters. The third-order valence-electron chi connectivity index (χ3n) is 2.37. The van der Waals surface area contributed by atoms with Crippen LogP contribution in [0.15, 0.2) is 18.2 Å². The molecule has 0 unspecified atom stereocenters. The Morgan fingerprint density at radius 1 is 1.35 bits per heavy atom. The minimum absolute atomic E-state index is 0.148. The Hall–Kier alpha value is -1.88. The van der Waals surface area contributed by atoms with Gasteiger partial charge in [0.05, 0.1) is 0 Å². The van der Waals surface area contributed by atoms with Crippen LogP contribution in [0.1, 0.15) is 22.3 Å². The lowest BCUT2D eigenvalue weighted by molar-refractivity contribution is -0.116. The molecule has 0 aliphatic carbocycles. The van der Waals surface area contributed by atoms with Crippen molar-refractivity contribution in [1.82, 2.24) is 5.32 Å². The van der Waals surface area contributed by atoms with Gasteiger partial charge in [0.25, 0.3) is 5.91 Å². The summed E-state index contributed by atoms with van der Waals surface area (Å²) in [6.07, 6.45) is 0.268. The average molecular weight is 235 g/mol. The summed E-state index contributed by atoms with van der Waals surface area (Å²) in [6.45, 7) is 2.17. The lowest BCUT2D eigenvalue weighted by atomic mass is 10.1. The molecule has 17 heavy (non-hydrogen) atoms. The lowest BCUT2D eigenvalue weighted by Gasteiger charge is -2.09. The molecule has 0 bridgehead atoms. The van der Waals surface area contributed by atoms with Crippen LogP contribution in [0.3, 0.4) is 0 Å². The van der Waals surface area contributed by atoms with Gasteiger partial charge in [-0.3, -0.25) is 9.59 Å². The predicted octanol–water partition coefficient (Wildman–Crippen LogP) is 0.642. The maximum atomic E-state index is 11.4. The van der Waals surface area contributed by atoms with Crippen molar-refractivity contribution >= 4 is 17.5 Å². The summed E-state index contributed by atoms with van der Waals surface area (Å²) in [4.78, 5) is 22.9. The molecule has 0 saturated carbocycles. The summed E-state index contributed by atoms with van der Waals surface area (Å²) < 4.78 is 0. The summed E-state index contributed by atoms with van der Waals surface area (Å²) in [6, 6.07) is 5.16. The fourth-order valence-corrected chi connectivity index (χ4v) is 1.39. The first-order valence-electron chi connectivity index (χ1n) is 5.41. The molecule has 0 heterocycles. The normalized spacial score (nSPS) is 9.82. The van der Waals surface area contributed by atoms with Gasteiger partial charge >= 0.3 is 0 Å². The monoisotopic (exact) mass is 235 g/mol. The molecule has 5 heteroatoms. The van der Waals surface area contributed by atoms with Crippen LogP contribution < -0.4 is 16.4 Å². The van der Waals surface area contributed by atoms with Crippen molar-refractivity contribution < 1.29 is 9.59 Å². The second kappa shape index (κ2) is 6.00. The maximum Gasteiger partial charge on any atom is 0.251 e. The molecule has 1 aromatic carbocycles. The van der Waals surface area contributed by atoms with Gasteiger partial charge in [-0.05, 0) is 24.6 Å². The Balaban J connectivity index is 2.90. The Kier molecular flexibility index (Phi) is 4.66. The molecule has 0 saturated heterocycles. The highest BCUT2D eigenvalue weighted by atomic mass is 16.2. The smallest absolute Gasteiger partial charge is 0.251 e. The van der Waals surface area contributed by atoms with E-state index >= 15 is 0 Å². The molecule has 0 aliphatic heterocycles. The van der Waals surface area contributed by atoms with E-state index in [-0.39, 0.29) is 18.2 Å². The molecule has 92 valence electrons. The number of nitrogens with one attached hydrogen (secondary N) is 2. The standard InChI is InChI=1S/C12H17N3O2/c1-8-3-4-9(12(17)14-2)7-10(8)15-11(16)5-6-13/h3-4,7H,5-6,13H2,1-2H3,(H,14,17)(H,15,16). The van der Waals surface area contributed by atoms with Crippen LogP contribution in [-0.2, 0) is 4.79 Å². The first kappa shape index (κ1) is 13.2. The van der Waals surface area contributed by atoms with E-state index in [1.54, 1.807) is 25.2 Å². The summed E-state index contributed by atoms with van der Waals surface area (Å²) in [5.74, 6) is -0.330. The Bertz CT molecular complexity index is 430. The highest BCUT2D eigenvalue weighted by Crippen LogP contribution is 2.17. The summed E-state index contributed by atoms with van der Waals surface area (Å²) >= 11 is 0. The van der Waals surface area contributed by atoms with Crippen LogP contribution in [0.5, 0.6) is 0 Å². The van der Waals surface area contributed by atoms with E-state index in [0.29, 0.717) is 17.8 Å². The molecule has 1 aromatic rings. The van der Waals surface area contributed by atoms with Gasteiger partial charge < -0.3 is 16.4 Å². The summed E-state index contributed by atoms with van der Waals surface area (Å²) in [5.41, 5.74) is 7.36. The third kappa shape index (κ3) is 3.57. The molecule has 5 nitrogen and oxygen atoms in total. The van der Waals surface area contributed by atoms with Crippen LogP contribution in [0.2, 0.25) is 0 Å². The number of amides is 2. The zero-order valence-corrected chi connectivity index (χ0v) is 10.0. The van der Waals surface area contributed by atoms with E-state index in [0.717, 1.165) is 5.56 Å². The minimum Gasteiger partial charge on any atom is -0.355 e. The average Bonchev–Trinajstić information content (AvgIpc) is 2.31. The van der Waals surface area contributed by atoms with Crippen molar-refractivity contribution in [2.24, 2.45) is 5.73 Å². The lowest BCUT2D eigenvalue weighted by Crippen LogP contribution is -2.19. The fourth-order valence-electron chi connectivity index (χ4n) is 1.39. The number of rotatable bonds is 4. The zero-order valence-electron chi connectivity index (χ0n) is 10.0. The Morgan fingerprint density at radius 2 is 2.06 bits per heavy atom. The number of hydrogen-bond donors (Lipinski definition) is 3. The molecule has 0 aromatic heterocycles. The van der Waals surface area contributed by atoms with Gasteiger partial charge in [-0.2, -0.15) is 0 Å². The quantitative estimate of drug-likeness (QED) is 0.716. The van der Waals surface area contributed by atoms with E-state index in [2.05, 4.69) is 10.6 Å². The largest absolute Gasteiger partial charge is 0.355 e. The molecule has 0 spiro atoms. The van der Waals surface area contributed by atoms with Crippen LogP contribution >= 0.6 is 0 Å². The molecule has 1 rings (SSSR count). The molecule has 2 amide bonds. The number of aryl methyl sites for hydroxylation is 1. The van der Waals surface area contributed by atoms with Gasteiger partial charge in [0.2, 0.25) is 5.91 Å². The van der Waals surface area contributed by atoms with Crippen LogP contribution in [0.25, 0.3) is 0 Å². The molecular formula is C12H17N3O2. The molecule has 4 N–H and O–H groups in total. The highest BCUT2D eigenvalue weighted by molar-refractivity contribution is 5.97. The van der Waals surface area contributed by atoms with E-state index < -0.39 is 0 Å². The van der Waals surface area contributed by atoms with E-state index in [9.17, 15) is 9.59 Å². The topological polar surface area (TPSA) is 84.2 Å². The van der Waals surface area contributed by atoms with Gasteiger partial charge in [-0.15, -0.1) is 0 Å². The second-order valence-electron chi connectivity index (χ2n) is 3.70. The first-order chi connectivity index (χ1) is 8.08. The second-order valence-corrected chi connectivity index (χ2v) is 3.70. The minimum atomic E-state index is -0.181. The SMILES string of the molecule is CNC(=O)c1ccc(C)c(NC(=O)CCN)c1. The molecule has 0 radical (unpaired) electrons. The molecule has 0 aliphatic rings. The van der Waals surface area contributed by atoms with Crippen molar-refractivity contribution in [1.29, 1.82) is 0 Å². The first-order valence-corrected chi connectivity index (χ1v) is 5.41. The van der Waals surface area contributed by atoms with Gasteiger partial charge in [0.1, 0.15) is 0 Å². The number of carbonyl (C=O) groups is 2. The van der Waals surface area contributed by atoms with E-state index in [1.807, 2.05) is 6.92 Å². The summed E-state index contributed by atoms with van der Waals surface area (Å²) in [7, 11) is 1.56. The number of carbonyl (C=O) groups excluding carboxylic acids is 2. The predicted molar refractivity (Wildman–Crippen MR) is 66.9 cm³/mol. The number of hydrogen-bond acceptors (Lipinski definition) is 3. The molecular weight excluding hydrogens is 218 g/mol. The van der Waals surface area contributed by atoms with Crippen molar-refractivity contribution in [3.05, 3.63) is 29.3 Å². The maximum absolute atomic E-state index is 11.4.